The maximum Gasteiger partial charge on any atom is 0.472 e. The van der Waals surface area contributed by atoms with E-state index in [0.29, 0.717) is 72.5 Å². The van der Waals surface area contributed by atoms with Crippen LogP contribution in [0.5, 0.6) is 0 Å². The zero-order chi connectivity index (χ0) is 27.1. The normalized spacial score (nSPS) is 13.6. The average molecular weight is 545 g/mol. The van der Waals surface area contributed by atoms with Crippen molar-refractivity contribution in [2.45, 2.75) is 33.8 Å². The van der Waals surface area contributed by atoms with Gasteiger partial charge >= 0.3 is 7.82 Å². The molecule has 0 rings (SSSR count). The van der Waals surface area contributed by atoms with E-state index < -0.39 is 13.9 Å². The molecule has 0 fully saturated rings. The molecule has 0 aromatic carbocycles. The van der Waals surface area contributed by atoms with Gasteiger partial charge in [0.15, 0.2) is 0 Å². The summed E-state index contributed by atoms with van der Waals surface area (Å²) in [5.41, 5.74) is -0.385. The molecule has 13 nitrogen and oxygen atoms in total. The molecule has 0 aromatic rings. The van der Waals surface area contributed by atoms with Gasteiger partial charge in [0.25, 0.3) is 0 Å². The predicted octanol–water partition coefficient (Wildman–Crippen LogP) is 0.542. The van der Waals surface area contributed by atoms with Crippen LogP contribution in [0.4, 0.5) is 0 Å². The van der Waals surface area contributed by atoms with E-state index >= 15 is 0 Å². The molecule has 0 radical (unpaired) electrons. The average Bonchev–Trinajstić information content (AvgIpc) is 2.80. The van der Waals surface area contributed by atoms with Gasteiger partial charge in [0.1, 0.15) is 12.9 Å². The van der Waals surface area contributed by atoms with Gasteiger partial charge in [-0.15, -0.1) is 0 Å². The second kappa shape index (κ2) is 22.0. The van der Waals surface area contributed by atoms with Crippen molar-refractivity contribution in [3.8, 4) is 0 Å². The highest BCUT2D eigenvalue weighted by Gasteiger charge is 2.22. The number of nitrogens with one attached hydrogen (secondary N) is 2. The van der Waals surface area contributed by atoms with E-state index in [-0.39, 0.29) is 31.1 Å². The zero-order valence-corrected chi connectivity index (χ0v) is 22.9. The predicted molar refractivity (Wildman–Crippen MR) is 132 cm³/mol. The highest BCUT2D eigenvalue weighted by Crippen LogP contribution is 2.44. The first-order chi connectivity index (χ1) is 17.1. The quantitative estimate of drug-likeness (QED) is 0.0789. The third kappa shape index (κ3) is 24.7. The highest BCUT2D eigenvalue weighted by molar-refractivity contribution is 7.47. The Morgan fingerprint density at radius 2 is 1.36 bits per heavy atom. The molecule has 214 valence electrons. The van der Waals surface area contributed by atoms with Crippen LogP contribution in [0.3, 0.4) is 0 Å². The summed E-state index contributed by atoms with van der Waals surface area (Å²) in [6, 6.07) is 0. The number of carbonyl (C=O) groups excluding carboxylic acids is 2. The van der Waals surface area contributed by atoms with E-state index in [0.717, 1.165) is 6.29 Å². The van der Waals surface area contributed by atoms with Crippen LogP contribution >= 0.6 is 7.82 Å². The number of rotatable bonds is 26. The lowest BCUT2D eigenvalue weighted by atomic mass is 9.96. The topological polar surface area (TPSA) is 160 Å². The molecular weight excluding hydrogens is 499 g/mol. The lowest BCUT2D eigenvalue weighted by Crippen LogP contribution is -2.33. The Hall–Kier alpha value is -0.990. The molecular formula is C22H45N2O11P. The Bertz CT molecular complexity index is 609. The van der Waals surface area contributed by atoms with Crippen LogP contribution in [0.25, 0.3) is 0 Å². The molecule has 36 heavy (non-hydrogen) atoms. The first-order valence-electron chi connectivity index (χ1n) is 12.1. The van der Waals surface area contributed by atoms with E-state index in [9.17, 15) is 19.0 Å². The fourth-order valence-electron chi connectivity index (χ4n) is 2.35. The molecule has 0 saturated heterocycles. The Kier molecular flexibility index (Phi) is 21.4. The summed E-state index contributed by atoms with van der Waals surface area (Å²) in [6.07, 6.45) is 0.513. The maximum atomic E-state index is 11.7. The van der Waals surface area contributed by atoms with Crippen LogP contribution in [0.1, 0.15) is 27.7 Å². The van der Waals surface area contributed by atoms with E-state index in [1.165, 1.54) is 0 Å². The number of hydrogen-bond donors (Lipinski definition) is 3. The first kappa shape index (κ1) is 35.0. The van der Waals surface area contributed by atoms with Gasteiger partial charge in [0, 0.05) is 25.0 Å². The molecule has 0 aliphatic carbocycles. The summed E-state index contributed by atoms with van der Waals surface area (Å²) in [5.74, 6) is -0.234. The van der Waals surface area contributed by atoms with Crippen molar-refractivity contribution in [3.05, 3.63) is 0 Å². The molecule has 3 N–H and O–H groups in total. The lowest BCUT2D eigenvalue weighted by Gasteiger charge is -2.17. The molecule has 14 heteroatoms. The summed E-state index contributed by atoms with van der Waals surface area (Å²) >= 11 is 0. The molecule has 1 unspecified atom stereocenters. The van der Waals surface area contributed by atoms with Gasteiger partial charge < -0.3 is 44.0 Å². The molecule has 0 heterocycles. The van der Waals surface area contributed by atoms with Gasteiger partial charge in [-0.3, -0.25) is 13.8 Å². The van der Waals surface area contributed by atoms with Crippen LogP contribution in [0.15, 0.2) is 0 Å². The summed E-state index contributed by atoms with van der Waals surface area (Å²) in [7, 11) is -4.03. The zero-order valence-electron chi connectivity index (χ0n) is 22.0. The molecule has 0 spiro atoms. The number of hydrogen-bond acceptors (Lipinski definition) is 11. The molecule has 0 saturated carbocycles. The SMILES string of the molecule is CC(C)OP(=O)(O)OCCOCCOCCOCCNC(=O)COCCOCCNCC(C)(C)C=O. The third-order valence-electron chi connectivity index (χ3n) is 4.07. The van der Waals surface area contributed by atoms with Gasteiger partial charge in [-0.1, -0.05) is 13.8 Å². The Labute approximate surface area is 214 Å². The highest BCUT2D eigenvalue weighted by atomic mass is 31.2. The largest absolute Gasteiger partial charge is 0.472 e. The van der Waals surface area contributed by atoms with Crippen LogP contribution in [-0.2, 0) is 46.9 Å². The van der Waals surface area contributed by atoms with Crippen molar-refractivity contribution in [2.24, 2.45) is 5.41 Å². The van der Waals surface area contributed by atoms with Gasteiger partial charge in [0.05, 0.1) is 72.2 Å². The smallest absolute Gasteiger partial charge is 0.378 e. The fourth-order valence-corrected chi connectivity index (χ4v) is 3.24. The van der Waals surface area contributed by atoms with E-state index in [2.05, 4.69) is 10.6 Å². The van der Waals surface area contributed by atoms with E-state index in [4.69, 9.17) is 32.7 Å². The Morgan fingerprint density at radius 1 is 0.861 bits per heavy atom. The van der Waals surface area contributed by atoms with Crippen LogP contribution in [0.2, 0.25) is 0 Å². The number of phosphoric acid groups is 1. The van der Waals surface area contributed by atoms with E-state index in [1.807, 2.05) is 13.8 Å². The van der Waals surface area contributed by atoms with Crippen molar-refractivity contribution in [3.63, 3.8) is 0 Å². The maximum absolute atomic E-state index is 11.7. The van der Waals surface area contributed by atoms with Crippen molar-refractivity contribution in [2.75, 3.05) is 92.3 Å². The molecule has 1 atom stereocenters. The van der Waals surface area contributed by atoms with Crippen LogP contribution in [-0.4, -0.2) is 116 Å². The summed E-state index contributed by atoms with van der Waals surface area (Å²) in [6.45, 7) is 11.5. The van der Waals surface area contributed by atoms with E-state index in [1.54, 1.807) is 13.8 Å². The number of phosphoric ester groups is 1. The second-order valence-electron chi connectivity index (χ2n) is 8.59. The molecule has 0 bridgehead atoms. The minimum atomic E-state index is -4.03. The number of aldehydes is 1. The fraction of sp³-hybridized carbons (Fsp3) is 0.909. The minimum Gasteiger partial charge on any atom is -0.378 e. The summed E-state index contributed by atoms with van der Waals surface area (Å²) in [4.78, 5) is 31.8. The number of amides is 1. The molecule has 0 aliphatic rings. The number of carbonyl (C=O) groups is 2. The monoisotopic (exact) mass is 544 g/mol. The molecule has 1 amide bonds. The third-order valence-corrected chi connectivity index (χ3v) is 5.26. The van der Waals surface area contributed by atoms with Gasteiger partial charge in [-0.25, -0.2) is 4.57 Å². The standard InChI is InChI=1S/C22H45N2O11P/c1-20(2)35-36(27,28)34-16-15-32-12-11-31-10-9-30-8-6-24-21(26)17-33-14-13-29-7-5-23-18-22(3,4)19-25/h19-20,23H,5-18H2,1-4H3,(H,24,26)(H,27,28). The van der Waals surface area contributed by atoms with Gasteiger partial charge in [0.2, 0.25) is 5.91 Å². The van der Waals surface area contributed by atoms with Crippen LogP contribution in [0, 0.1) is 5.41 Å². The summed E-state index contributed by atoms with van der Waals surface area (Å²) < 4.78 is 47.5. The Balaban J connectivity index is 3.32. The first-order valence-corrected chi connectivity index (χ1v) is 13.6. The lowest BCUT2D eigenvalue weighted by molar-refractivity contribution is -0.126. The van der Waals surface area contributed by atoms with Crippen molar-refractivity contribution < 1.29 is 51.8 Å². The molecule has 0 aromatic heterocycles. The minimum absolute atomic E-state index is 0.0517. The van der Waals surface area contributed by atoms with Gasteiger partial charge in [-0.05, 0) is 13.8 Å². The van der Waals surface area contributed by atoms with Crippen molar-refractivity contribution >= 4 is 20.0 Å². The van der Waals surface area contributed by atoms with Crippen LogP contribution < -0.4 is 10.6 Å². The molecule has 0 aliphatic heterocycles. The van der Waals surface area contributed by atoms with Crippen molar-refractivity contribution in [1.82, 2.24) is 10.6 Å². The van der Waals surface area contributed by atoms with Gasteiger partial charge in [-0.2, -0.15) is 0 Å². The Morgan fingerprint density at radius 3 is 1.92 bits per heavy atom. The van der Waals surface area contributed by atoms with Crippen molar-refractivity contribution in [1.29, 1.82) is 0 Å². The summed E-state index contributed by atoms with van der Waals surface area (Å²) in [5, 5.41) is 5.83. The number of ether oxygens (including phenoxy) is 5. The second-order valence-corrected chi connectivity index (χ2v) is 10.00.